The molecule has 0 radical (unpaired) electrons. The van der Waals surface area contributed by atoms with E-state index in [-0.39, 0.29) is 6.79 Å². The lowest BCUT2D eigenvalue weighted by Gasteiger charge is -2.32. The molecule has 1 aromatic rings. The molecular weight excluding hydrogens is 232 g/mol. The van der Waals surface area contributed by atoms with Crippen LogP contribution in [0.5, 0.6) is 5.75 Å². The summed E-state index contributed by atoms with van der Waals surface area (Å²) in [6.07, 6.45) is 2.02. The predicted octanol–water partition coefficient (Wildman–Crippen LogP) is 1.75. The molecule has 1 heterocycles. The van der Waals surface area contributed by atoms with Gasteiger partial charge in [0.15, 0.2) is 6.79 Å². The quantitative estimate of drug-likeness (QED) is 0.811. The molecule has 1 fully saturated rings. The van der Waals surface area contributed by atoms with Crippen molar-refractivity contribution >= 4 is 0 Å². The second-order valence-corrected chi connectivity index (χ2v) is 4.71. The molecule has 0 bridgehead atoms. The summed E-state index contributed by atoms with van der Waals surface area (Å²) >= 11 is 0. The van der Waals surface area contributed by atoms with E-state index in [0.29, 0.717) is 32.5 Å². The molecule has 0 unspecified atom stereocenters. The Balaban J connectivity index is 1.99. The van der Waals surface area contributed by atoms with E-state index in [1.54, 1.807) is 7.11 Å². The van der Waals surface area contributed by atoms with Crippen molar-refractivity contribution in [3.63, 3.8) is 0 Å². The fraction of sp³-hybridized carbons (Fsp3) is 0.571. The van der Waals surface area contributed by atoms with Gasteiger partial charge in [-0.2, -0.15) is 0 Å². The average molecular weight is 252 g/mol. The first-order chi connectivity index (χ1) is 8.72. The minimum absolute atomic E-state index is 0.238. The lowest BCUT2D eigenvalue weighted by molar-refractivity contribution is -0.0626. The number of ether oxygens (including phenoxy) is 3. The fourth-order valence-corrected chi connectivity index (χ4v) is 2.18. The van der Waals surface area contributed by atoms with Crippen molar-refractivity contribution in [3.05, 3.63) is 29.8 Å². The van der Waals surface area contributed by atoms with Gasteiger partial charge < -0.3 is 19.3 Å². The van der Waals surface area contributed by atoms with Crippen LogP contribution in [0.25, 0.3) is 0 Å². The van der Waals surface area contributed by atoms with Crippen molar-refractivity contribution in [2.75, 3.05) is 27.1 Å². The predicted molar refractivity (Wildman–Crippen MR) is 67.7 cm³/mol. The highest BCUT2D eigenvalue weighted by Crippen LogP contribution is 2.26. The molecule has 0 spiro atoms. The Morgan fingerprint density at radius 2 is 2.11 bits per heavy atom. The van der Waals surface area contributed by atoms with Crippen LogP contribution >= 0.6 is 0 Å². The smallest absolute Gasteiger partial charge is 0.188 e. The van der Waals surface area contributed by atoms with E-state index in [1.807, 2.05) is 24.3 Å². The lowest BCUT2D eigenvalue weighted by Crippen LogP contribution is -2.38. The Labute approximate surface area is 107 Å². The van der Waals surface area contributed by atoms with Crippen LogP contribution in [0, 0.1) is 0 Å². The van der Waals surface area contributed by atoms with Gasteiger partial charge in [0.05, 0.1) is 5.60 Å². The van der Waals surface area contributed by atoms with Gasteiger partial charge in [0.2, 0.25) is 0 Å². The maximum atomic E-state index is 10.4. The lowest BCUT2D eigenvalue weighted by atomic mass is 9.87. The fourth-order valence-electron chi connectivity index (χ4n) is 2.18. The van der Waals surface area contributed by atoms with E-state index in [0.717, 1.165) is 11.3 Å². The first kappa shape index (κ1) is 13.3. The van der Waals surface area contributed by atoms with Gasteiger partial charge in [-0.25, -0.2) is 0 Å². The zero-order valence-electron chi connectivity index (χ0n) is 10.7. The van der Waals surface area contributed by atoms with E-state index in [4.69, 9.17) is 14.2 Å². The first-order valence-electron chi connectivity index (χ1n) is 6.23. The number of hydrogen-bond acceptors (Lipinski definition) is 4. The number of benzene rings is 1. The summed E-state index contributed by atoms with van der Waals surface area (Å²) in [7, 11) is 1.59. The van der Waals surface area contributed by atoms with Gasteiger partial charge in [-0.15, -0.1) is 0 Å². The molecule has 100 valence electrons. The zero-order chi connectivity index (χ0) is 12.8. The molecule has 0 amide bonds. The van der Waals surface area contributed by atoms with Crippen LogP contribution in [-0.4, -0.2) is 37.8 Å². The maximum absolute atomic E-state index is 10.4. The Kier molecular flexibility index (Phi) is 4.58. The number of rotatable bonds is 5. The molecule has 0 atom stereocenters. The molecule has 4 nitrogen and oxygen atoms in total. The summed E-state index contributed by atoms with van der Waals surface area (Å²) < 4.78 is 15.5. The van der Waals surface area contributed by atoms with Crippen molar-refractivity contribution in [3.8, 4) is 5.75 Å². The van der Waals surface area contributed by atoms with Gasteiger partial charge >= 0.3 is 0 Å². The molecule has 4 heteroatoms. The standard InChI is InChI=1S/C14H20O4/c1-16-11-18-13-4-2-3-12(9-13)10-14(15)5-7-17-8-6-14/h2-4,9,15H,5-8,10-11H2,1H3. The highest BCUT2D eigenvalue weighted by Gasteiger charge is 2.29. The van der Waals surface area contributed by atoms with E-state index >= 15 is 0 Å². The van der Waals surface area contributed by atoms with Crippen LogP contribution < -0.4 is 4.74 Å². The van der Waals surface area contributed by atoms with Crippen LogP contribution in [0.3, 0.4) is 0 Å². The van der Waals surface area contributed by atoms with Gasteiger partial charge in [-0.05, 0) is 30.5 Å². The van der Waals surface area contributed by atoms with E-state index in [1.165, 1.54) is 0 Å². The third kappa shape index (κ3) is 3.70. The Bertz CT molecular complexity index is 372. The normalized spacial score (nSPS) is 18.6. The minimum Gasteiger partial charge on any atom is -0.468 e. The average Bonchev–Trinajstić information content (AvgIpc) is 2.37. The monoisotopic (exact) mass is 252 g/mol. The van der Waals surface area contributed by atoms with E-state index in [9.17, 15) is 5.11 Å². The second-order valence-electron chi connectivity index (χ2n) is 4.71. The van der Waals surface area contributed by atoms with Gasteiger partial charge in [0, 0.05) is 26.7 Å². The summed E-state index contributed by atoms with van der Waals surface area (Å²) in [5.74, 6) is 0.769. The topological polar surface area (TPSA) is 47.9 Å². The number of methoxy groups -OCH3 is 1. The van der Waals surface area contributed by atoms with Crippen LogP contribution in [0.2, 0.25) is 0 Å². The third-order valence-electron chi connectivity index (χ3n) is 3.20. The van der Waals surface area contributed by atoms with Crippen molar-refractivity contribution < 1.29 is 19.3 Å². The van der Waals surface area contributed by atoms with E-state index in [2.05, 4.69) is 0 Å². The van der Waals surface area contributed by atoms with Gasteiger partial charge in [-0.1, -0.05) is 12.1 Å². The minimum atomic E-state index is -0.641. The van der Waals surface area contributed by atoms with Gasteiger partial charge in [-0.3, -0.25) is 0 Å². The Morgan fingerprint density at radius 3 is 2.83 bits per heavy atom. The largest absolute Gasteiger partial charge is 0.468 e. The molecule has 0 saturated carbocycles. The van der Waals surface area contributed by atoms with Crippen LogP contribution in [-0.2, 0) is 15.9 Å². The Morgan fingerprint density at radius 1 is 1.33 bits per heavy atom. The summed E-state index contributed by atoms with van der Waals surface area (Å²) in [5, 5.41) is 10.4. The molecule has 2 rings (SSSR count). The molecule has 0 aliphatic carbocycles. The summed E-state index contributed by atoms with van der Waals surface area (Å²) in [6, 6.07) is 7.78. The van der Waals surface area contributed by atoms with Crippen molar-refractivity contribution in [2.24, 2.45) is 0 Å². The number of aliphatic hydroxyl groups is 1. The summed E-state index contributed by atoms with van der Waals surface area (Å²) in [5.41, 5.74) is 0.436. The SMILES string of the molecule is COCOc1cccc(CC2(O)CCOCC2)c1. The maximum Gasteiger partial charge on any atom is 0.188 e. The summed E-state index contributed by atoms with van der Waals surface area (Å²) in [4.78, 5) is 0. The first-order valence-corrected chi connectivity index (χ1v) is 6.23. The zero-order valence-corrected chi connectivity index (χ0v) is 10.7. The highest BCUT2D eigenvalue weighted by atomic mass is 16.7. The third-order valence-corrected chi connectivity index (χ3v) is 3.20. The molecule has 1 aromatic carbocycles. The van der Waals surface area contributed by atoms with E-state index < -0.39 is 5.60 Å². The highest BCUT2D eigenvalue weighted by molar-refractivity contribution is 5.29. The van der Waals surface area contributed by atoms with Gasteiger partial charge in [0.1, 0.15) is 5.75 Å². The molecular formula is C14H20O4. The molecule has 1 saturated heterocycles. The molecule has 0 aromatic heterocycles. The van der Waals surface area contributed by atoms with Crippen molar-refractivity contribution in [1.29, 1.82) is 0 Å². The van der Waals surface area contributed by atoms with Gasteiger partial charge in [0.25, 0.3) is 0 Å². The van der Waals surface area contributed by atoms with Crippen molar-refractivity contribution in [2.45, 2.75) is 24.9 Å². The molecule has 1 aliphatic heterocycles. The van der Waals surface area contributed by atoms with Crippen molar-refractivity contribution in [1.82, 2.24) is 0 Å². The molecule has 18 heavy (non-hydrogen) atoms. The summed E-state index contributed by atoms with van der Waals surface area (Å²) in [6.45, 7) is 1.51. The molecule has 1 N–H and O–H groups in total. The van der Waals surface area contributed by atoms with Crippen LogP contribution in [0.15, 0.2) is 24.3 Å². The second kappa shape index (κ2) is 6.18. The number of hydrogen-bond donors (Lipinski definition) is 1. The Hall–Kier alpha value is -1.10. The van der Waals surface area contributed by atoms with Crippen LogP contribution in [0.4, 0.5) is 0 Å². The van der Waals surface area contributed by atoms with Crippen LogP contribution in [0.1, 0.15) is 18.4 Å². The molecule has 1 aliphatic rings.